The van der Waals surface area contributed by atoms with E-state index in [1.807, 2.05) is 23.5 Å². The van der Waals surface area contributed by atoms with Gasteiger partial charge in [0.25, 0.3) is 0 Å². The molecule has 0 bridgehead atoms. The number of hydrogen-bond acceptors (Lipinski definition) is 4. The summed E-state index contributed by atoms with van der Waals surface area (Å²) >= 11 is 1.86. The second kappa shape index (κ2) is 15.1. The number of anilines is 3. The van der Waals surface area contributed by atoms with Gasteiger partial charge in [-0.05, 0) is 140 Å². The van der Waals surface area contributed by atoms with Gasteiger partial charge in [0.15, 0.2) is 0 Å². The maximum absolute atomic E-state index is 7.04. The predicted molar refractivity (Wildman–Crippen MR) is 300 cm³/mol. The molecule has 14 aromatic rings. The summed E-state index contributed by atoms with van der Waals surface area (Å²) in [7, 11) is 0. The van der Waals surface area contributed by atoms with E-state index >= 15 is 0 Å². The molecular weight excluding hydrogens is 883 g/mol. The molecule has 334 valence electrons. The Morgan fingerprint density at radius 3 is 1.85 bits per heavy atom. The Kier molecular flexibility index (Phi) is 8.58. The van der Waals surface area contributed by atoms with Crippen molar-refractivity contribution in [3.8, 4) is 44.5 Å². The fourth-order valence-electron chi connectivity index (χ4n) is 11.7. The van der Waals surface area contributed by atoms with Crippen molar-refractivity contribution >= 4 is 103 Å². The lowest BCUT2D eigenvalue weighted by Gasteiger charge is -2.27. The van der Waals surface area contributed by atoms with Crippen LogP contribution in [-0.2, 0) is 5.41 Å². The third-order valence-corrected chi connectivity index (χ3v) is 16.5. The molecule has 15 rings (SSSR count). The third kappa shape index (κ3) is 6.08. The molecule has 0 radical (unpaired) electrons. The van der Waals surface area contributed by atoms with Gasteiger partial charge < -0.3 is 13.7 Å². The summed E-state index contributed by atoms with van der Waals surface area (Å²) in [4.78, 5) is 2.46. The van der Waals surface area contributed by atoms with Gasteiger partial charge in [0, 0.05) is 53.5 Å². The highest BCUT2D eigenvalue weighted by Crippen LogP contribution is 2.52. The molecule has 0 saturated carbocycles. The number of rotatable bonds is 6. The zero-order valence-electron chi connectivity index (χ0n) is 39.0. The van der Waals surface area contributed by atoms with Crippen molar-refractivity contribution in [1.29, 1.82) is 0 Å². The summed E-state index contributed by atoms with van der Waals surface area (Å²) in [6, 6.07) is 82.0. The second-order valence-electron chi connectivity index (χ2n) is 19.6. The Balaban J connectivity index is 0.915. The minimum absolute atomic E-state index is 0.0389. The van der Waals surface area contributed by atoms with E-state index in [4.69, 9.17) is 8.83 Å². The number of thiophene rings is 1. The monoisotopic (exact) mass is 925 g/mol. The lowest BCUT2D eigenvalue weighted by molar-refractivity contribution is 0.660. The van der Waals surface area contributed by atoms with Crippen LogP contribution < -0.4 is 4.90 Å². The number of nitrogens with zero attached hydrogens (tertiary/aromatic N) is 1. The van der Waals surface area contributed by atoms with Crippen molar-refractivity contribution < 1.29 is 8.83 Å². The first-order valence-corrected chi connectivity index (χ1v) is 25.2. The van der Waals surface area contributed by atoms with Crippen molar-refractivity contribution in [2.45, 2.75) is 19.3 Å². The van der Waals surface area contributed by atoms with E-state index in [0.717, 1.165) is 82.8 Å². The van der Waals surface area contributed by atoms with Gasteiger partial charge in [-0.2, -0.15) is 0 Å². The zero-order chi connectivity index (χ0) is 47.0. The first-order valence-electron chi connectivity index (χ1n) is 24.4. The summed E-state index contributed by atoms with van der Waals surface area (Å²) in [5, 5.41) is 9.11. The Hall–Kier alpha value is -8.70. The zero-order valence-corrected chi connectivity index (χ0v) is 39.9. The molecule has 3 aromatic heterocycles. The predicted octanol–water partition coefficient (Wildman–Crippen LogP) is 19.8. The molecule has 0 N–H and O–H groups in total. The average molecular weight is 926 g/mol. The van der Waals surface area contributed by atoms with Crippen LogP contribution in [0.3, 0.4) is 0 Å². The van der Waals surface area contributed by atoms with E-state index in [0.29, 0.717) is 0 Å². The van der Waals surface area contributed by atoms with Crippen LogP contribution in [0.4, 0.5) is 17.1 Å². The maximum Gasteiger partial charge on any atom is 0.145 e. The van der Waals surface area contributed by atoms with Crippen LogP contribution in [0.1, 0.15) is 25.0 Å². The number of para-hydroxylation sites is 1. The molecule has 1 aliphatic carbocycles. The highest BCUT2D eigenvalue weighted by Gasteiger charge is 2.35. The Labute approximate surface area is 414 Å². The number of hydrogen-bond donors (Lipinski definition) is 0. The van der Waals surface area contributed by atoms with Gasteiger partial charge in [-0.25, -0.2) is 0 Å². The minimum atomic E-state index is -0.0389. The fraction of sp³-hybridized carbons (Fsp3) is 0.0448. The van der Waals surface area contributed by atoms with Gasteiger partial charge in [-0.15, -0.1) is 11.3 Å². The molecular formula is C67H43NO2S. The average Bonchev–Trinajstić information content (AvgIpc) is 4.17. The largest absolute Gasteiger partial charge is 0.456 e. The van der Waals surface area contributed by atoms with Crippen LogP contribution in [0, 0.1) is 0 Å². The number of furan rings is 2. The van der Waals surface area contributed by atoms with Gasteiger partial charge in [-0.1, -0.05) is 159 Å². The summed E-state index contributed by atoms with van der Waals surface area (Å²) in [5.41, 5.74) is 19.3. The van der Waals surface area contributed by atoms with E-state index in [1.165, 1.54) is 64.7 Å². The molecule has 0 amide bonds. The van der Waals surface area contributed by atoms with Crippen molar-refractivity contribution in [3.63, 3.8) is 0 Å². The molecule has 0 fully saturated rings. The molecule has 4 heteroatoms. The molecule has 0 aliphatic heterocycles. The lowest BCUT2D eigenvalue weighted by atomic mass is 9.82. The van der Waals surface area contributed by atoms with E-state index in [-0.39, 0.29) is 5.41 Å². The molecule has 0 spiro atoms. The van der Waals surface area contributed by atoms with Crippen LogP contribution in [0.2, 0.25) is 0 Å². The first kappa shape index (κ1) is 40.2. The summed E-state index contributed by atoms with van der Waals surface area (Å²) in [6.45, 7) is 4.68. The van der Waals surface area contributed by atoms with Gasteiger partial charge in [0.1, 0.15) is 22.3 Å². The van der Waals surface area contributed by atoms with E-state index in [9.17, 15) is 0 Å². The molecule has 3 heterocycles. The summed E-state index contributed by atoms with van der Waals surface area (Å²) in [5.74, 6) is 0. The summed E-state index contributed by atoms with van der Waals surface area (Å²) in [6.07, 6.45) is 0. The Bertz CT molecular complexity index is 4490. The van der Waals surface area contributed by atoms with Crippen molar-refractivity contribution in [2.75, 3.05) is 4.90 Å². The van der Waals surface area contributed by atoms with Crippen molar-refractivity contribution in [1.82, 2.24) is 0 Å². The van der Waals surface area contributed by atoms with Crippen LogP contribution in [0.5, 0.6) is 0 Å². The Morgan fingerprint density at radius 2 is 0.986 bits per heavy atom. The highest BCUT2D eigenvalue weighted by molar-refractivity contribution is 7.26. The lowest BCUT2D eigenvalue weighted by Crippen LogP contribution is -2.14. The fourth-order valence-corrected chi connectivity index (χ4v) is 12.9. The van der Waals surface area contributed by atoms with Crippen molar-refractivity contribution in [2.24, 2.45) is 0 Å². The molecule has 0 saturated heterocycles. The highest BCUT2D eigenvalue weighted by atomic mass is 32.1. The quantitative estimate of drug-likeness (QED) is 0.166. The standard InChI is InChI=1S/C67H43NO2S/c1-67(2)56-18-8-6-15-48(56)52-36-43(25-32-57(52)67)41-22-29-47(30-23-41)68(59-20-11-17-51-55-39-44(40-12-4-3-5-13-40)28-35-63(55)71-66(51)59)58-19-10-14-42-24-31-50-54-38-46(27-34-62(54)70-65(50)64(42)58)45-26-33-61-53(37-45)49-16-7-9-21-60(49)69-61/h3-39H,1-2H3. The normalized spacial score (nSPS) is 13.0. The molecule has 1 aliphatic rings. The van der Waals surface area contributed by atoms with Crippen LogP contribution >= 0.6 is 11.3 Å². The molecule has 0 atom stereocenters. The summed E-state index contributed by atoms with van der Waals surface area (Å²) < 4.78 is 15.7. The van der Waals surface area contributed by atoms with E-state index in [2.05, 4.69) is 231 Å². The van der Waals surface area contributed by atoms with E-state index < -0.39 is 0 Å². The first-order chi connectivity index (χ1) is 34.9. The molecule has 11 aromatic carbocycles. The van der Waals surface area contributed by atoms with Crippen LogP contribution in [0.25, 0.3) is 119 Å². The number of benzene rings is 11. The van der Waals surface area contributed by atoms with Gasteiger partial charge >= 0.3 is 0 Å². The van der Waals surface area contributed by atoms with Gasteiger partial charge in [0.05, 0.1) is 16.1 Å². The SMILES string of the molecule is CC1(C)c2ccccc2-c2cc(-c3ccc(N(c4cccc5c4sc4ccc(-c6ccccc6)cc45)c4cccc5ccc6c7cc(-c8ccc9oc%10ccccc%10c9c8)ccc7oc6c45)cc3)ccc21. The topological polar surface area (TPSA) is 29.5 Å². The minimum Gasteiger partial charge on any atom is -0.456 e. The molecule has 71 heavy (non-hydrogen) atoms. The Morgan fingerprint density at radius 1 is 0.380 bits per heavy atom. The molecule has 0 unspecified atom stereocenters. The van der Waals surface area contributed by atoms with Gasteiger partial charge in [0.2, 0.25) is 0 Å². The smallest absolute Gasteiger partial charge is 0.145 e. The van der Waals surface area contributed by atoms with Crippen LogP contribution in [0.15, 0.2) is 233 Å². The second-order valence-corrected chi connectivity index (χ2v) is 20.6. The third-order valence-electron chi connectivity index (χ3n) is 15.3. The maximum atomic E-state index is 7.04. The van der Waals surface area contributed by atoms with Gasteiger partial charge in [-0.3, -0.25) is 0 Å². The molecule has 3 nitrogen and oxygen atoms in total. The van der Waals surface area contributed by atoms with Crippen molar-refractivity contribution in [3.05, 3.63) is 236 Å². The number of fused-ring (bicyclic) bond motifs is 14. The van der Waals surface area contributed by atoms with Crippen LogP contribution in [-0.4, -0.2) is 0 Å². The van der Waals surface area contributed by atoms with E-state index in [1.54, 1.807) is 0 Å².